The minimum absolute atomic E-state index is 0.0595. The molecule has 1 aromatic carbocycles. The van der Waals surface area contributed by atoms with E-state index in [1.165, 1.54) is 0 Å². The molecular formula is C18H23N3O4. The third-order valence-electron chi connectivity index (χ3n) is 4.43. The zero-order valence-electron chi connectivity index (χ0n) is 14.5. The number of nitrogens with one attached hydrogen (secondary N) is 2. The average Bonchev–Trinajstić information content (AvgIpc) is 2.82. The van der Waals surface area contributed by atoms with E-state index in [2.05, 4.69) is 10.6 Å². The molecule has 134 valence electrons. The number of nitrogens with zero attached hydrogens (tertiary/aromatic N) is 1. The number of ether oxygens (including phenoxy) is 1. The van der Waals surface area contributed by atoms with E-state index in [1.54, 1.807) is 29.2 Å². The SMILES string of the molecule is CC(C)C(=O)Nc1cccc(C(=O)N2C[C@H]3COC[C@@H](C2)C(=O)N3)c1. The van der Waals surface area contributed by atoms with E-state index in [4.69, 9.17) is 4.74 Å². The first-order chi connectivity index (χ1) is 11.9. The summed E-state index contributed by atoms with van der Waals surface area (Å²) in [7, 11) is 0. The van der Waals surface area contributed by atoms with Crippen molar-refractivity contribution in [1.29, 1.82) is 0 Å². The molecular weight excluding hydrogens is 322 g/mol. The first-order valence-electron chi connectivity index (χ1n) is 8.52. The molecule has 0 aliphatic carbocycles. The summed E-state index contributed by atoms with van der Waals surface area (Å²) in [4.78, 5) is 38.5. The molecule has 0 spiro atoms. The van der Waals surface area contributed by atoms with E-state index in [1.807, 2.05) is 13.8 Å². The Morgan fingerprint density at radius 3 is 2.84 bits per heavy atom. The lowest BCUT2D eigenvalue weighted by molar-refractivity contribution is -0.125. The molecule has 2 N–H and O–H groups in total. The van der Waals surface area contributed by atoms with Gasteiger partial charge in [0.05, 0.1) is 25.2 Å². The molecule has 3 rings (SSSR count). The van der Waals surface area contributed by atoms with Crippen LogP contribution in [0.2, 0.25) is 0 Å². The van der Waals surface area contributed by atoms with Crippen LogP contribution in [0.15, 0.2) is 24.3 Å². The van der Waals surface area contributed by atoms with Gasteiger partial charge in [-0.15, -0.1) is 0 Å². The molecule has 0 saturated carbocycles. The van der Waals surface area contributed by atoms with Crippen LogP contribution in [-0.4, -0.2) is 55.0 Å². The maximum absolute atomic E-state index is 12.9. The molecule has 7 nitrogen and oxygen atoms in total. The van der Waals surface area contributed by atoms with Crippen molar-refractivity contribution in [2.24, 2.45) is 11.8 Å². The van der Waals surface area contributed by atoms with Crippen molar-refractivity contribution in [3.8, 4) is 0 Å². The highest BCUT2D eigenvalue weighted by atomic mass is 16.5. The van der Waals surface area contributed by atoms with Crippen molar-refractivity contribution in [3.63, 3.8) is 0 Å². The van der Waals surface area contributed by atoms with Gasteiger partial charge >= 0.3 is 0 Å². The van der Waals surface area contributed by atoms with Gasteiger partial charge in [0, 0.05) is 30.3 Å². The molecule has 2 aliphatic heterocycles. The molecule has 1 aromatic rings. The Kier molecular flexibility index (Phi) is 5.03. The molecule has 2 bridgehead atoms. The molecule has 25 heavy (non-hydrogen) atoms. The van der Waals surface area contributed by atoms with Gasteiger partial charge in [0.15, 0.2) is 0 Å². The number of fused-ring (bicyclic) bond motifs is 3. The Bertz CT molecular complexity index is 689. The largest absolute Gasteiger partial charge is 0.378 e. The normalized spacial score (nSPS) is 23.0. The van der Waals surface area contributed by atoms with Gasteiger partial charge in [0.1, 0.15) is 0 Å². The van der Waals surface area contributed by atoms with E-state index < -0.39 is 0 Å². The second-order valence-corrected chi connectivity index (χ2v) is 6.87. The first-order valence-corrected chi connectivity index (χ1v) is 8.52. The second-order valence-electron chi connectivity index (χ2n) is 6.87. The molecule has 2 fully saturated rings. The zero-order chi connectivity index (χ0) is 18.0. The summed E-state index contributed by atoms with van der Waals surface area (Å²) in [5, 5.41) is 5.71. The lowest BCUT2D eigenvalue weighted by Crippen LogP contribution is -2.44. The standard InChI is InChI=1S/C18H23N3O4/c1-11(2)16(22)19-14-5-3-4-12(6-14)18(24)21-7-13-9-25-10-15(8-21)20-17(13)23/h3-6,11,13,15H,7-10H2,1-2H3,(H,19,22)(H,20,23)/t13-,15+/m1/s1. The number of hydrogen-bond acceptors (Lipinski definition) is 4. The Hall–Kier alpha value is -2.41. The Morgan fingerprint density at radius 2 is 2.08 bits per heavy atom. The van der Waals surface area contributed by atoms with Gasteiger partial charge < -0.3 is 20.3 Å². The number of carbonyl (C=O) groups is 3. The van der Waals surface area contributed by atoms with Gasteiger partial charge in [-0.2, -0.15) is 0 Å². The van der Waals surface area contributed by atoms with Crippen LogP contribution in [-0.2, 0) is 14.3 Å². The number of hydrogen-bond donors (Lipinski definition) is 2. The molecule has 0 aromatic heterocycles. The Morgan fingerprint density at radius 1 is 1.28 bits per heavy atom. The van der Waals surface area contributed by atoms with Gasteiger partial charge in [-0.05, 0) is 18.2 Å². The second kappa shape index (κ2) is 7.23. The Labute approximate surface area is 146 Å². The smallest absolute Gasteiger partial charge is 0.254 e. The summed E-state index contributed by atoms with van der Waals surface area (Å²) >= 11 is 0. The summed E-state index contributed by atoms with van der Waals surface area (Å²) in [6.07, 6.45) is 0. The number of anilines is 1. The fourth-order valence-electron chi connectivity index (χ4n) is 2.99. The Balaban J connectivity index is 1.76. The summed E-state index contributed by atoms with van der Waals surface area (Å²) in [6.45, 7) is 5.12. The van der Waals surface area contributed by atoms with Gasteiger partial charge in [0.2, 0.25) is 11.8 Å². The molecule has 2 saturated heterocycles. The highest BCUT2D eigenvalue weighted by molar-refractivity contribution is 5.98. The summed E-state index contributed by atoms with van der Waals surface area (Å²) < 4.78 is 5.48. The van der Waals surface area contributed by atoms with Crippen LogP contribution in [0.4, 0.5) is 5.69 Å². The fourth-order valence-corrected chi connectivity index (χ4v) is 2.99. The molecule has 0 unspecified atom stereocenters. The maximum atomic E-state index is 12.9. The van der Waals surface area contributed by atoms with Crippen LogP contribution in [0.1, 0.15) is 24.2 Å². The van der Waals surface area contributed by atoms with Crippen molar-refractivity contribution in [2.75, 3.05) is 31.6 Å². The third-order valence-corrected chi connectivity index (χ3v) is 4.43. The fraction of sp³-hybridized carbons (Fsp3) is 0.500. The van der Waals surface area contributed by atoms with E-state index in [0.29, 0.717) is 37.6 Å². The van der Waals surface area contributed by atoms with Crippen LogP contribution >= 0.6 is 0 Å². The zero-order valence-corrected chi connectivity index (χ0v) is 14.5. The number of benzene rings is 1. The maximum Gasteiger partial charge on any atom is 0.254 e. The summed E-state index contributed by atoms with van der Waals surface area (Å²) in [5.41, 5.74) is 1.09. The van der Waals surface area contributed by atoms with Crippen molar-refractivity contribution < 1.29 is 19.1 Å². The monoisotopic (exact) mass is 345 g/mol. The van der Waals surface area contributed by atoms with Crippen LogP contribution in [0.5, 0.6) is 0 Å². The van der Waals surface area contributed by atoms with Crippen LogP contribution in [0.25, 0.3) is 0 Å². The number of rotatable bonds is 3. The minimum atomic E-state index is -0.347. The third kappa shape index (κ3) is 3.99. The van der Waals surface area contributed by atoms with E-state index in [9.17, 15) is 14.4 Å². The topological polar surface area (TPSA) is 87.7 Å². The first kappa shape index (κ1) is 17.4. The highest BCUT2D eigenvalue weighted by Crippen LogP contribution is 2.18. The van der Waals surface area contributed by atoms with Crippen molar-refractivity contribution in [1.82, 2.24) is 10.2 Å². The average molecular weight is 345 g/mol. The molecule has 2 atom stereocenters. The lowest BCUT2D eigenvalue weighted by atomic mass is 10.1. The molecule has 2 aliphatic rings. The quantitative estimate of drug-likeness (QED) is 0.851. The molecule has 3 amide bonds. The summed E-state index contributed by atoms with van der Waals surface area (Å²) in [6, 6.07) is 6.71. The number of amides is 3. The highest BCUT2D eigenvalue weighted by Gasteiger charge is 2.35. The minimum Gasteiger partial charge on any atom is -0.378 e. The van der Waals surface area contributed by atoms with Crippen LogP contribution < -0.4 is 10.6 Å². The summed E-state index contributed by atoms with van der Waals surface area (Å²) in [5.74, 6) is -0.785. The van der Waals surface area contributed by atoms with Crippen LogP contribution in [0.3, 0.4) is 0 Å². The lowest BCUT2D eigenvalue weighted by Gasteiger charge is -2.27. The predicted octanol–water partition coefficient (Wildman–Crippen LogP) is 0.868. The predicted molar refractivity (Wildman–Crippen MR) is 92.1 cm³/mol. The van der Waals surface area contributed by atoms with Crippen molar-refractivity contribution in [2.45, 2.75) is 19.9 Å². The van der Waals surface area contributed by atoms with E-state index >= 15 is 0 Å². The van der Waals surface area contributed by atoms with Gasteiger partial charge in [-0.3, -0.25) is 14.4 Å². The molecule has 7 heteroatoms. The van der Waals surface area contributed by atoms with E-state index in [0.717, 1.165) is 0 Å². The van der Waals surface area contributed by atoms with Gasteiger partial charge in [-0.25, -0.2) is 0 Å². The van der Waals surface area contributed by atoms with Crippen molar-refractivity contribution in [3.05, 3.63) is 29.8 Å². The van der Waals surface area contributed by atoms with Crippen molar-refractivity contribution >= 4 is 23.4 Å². The molecule has 0 radical (unpaired) electrons. The number of carbonyl (C=O) groups excluding carboxylic acids is 3. The van der Waals surface area contributed by atoms with Gasteiger partial charge in [-0.1, -0.05) is 19.9 Å². The van der Waals surface area contributed by atoms with E-state index in [-0.39, 0.29) is 35.6 Å². The van der Waals surface area contributed by atoms with Crippen LogP contribution in [0, 0.1) is 11.8 Å². The molecule has 2 heterocycles. The van der Waals surface area contributed by atoms with Gasteiger partial charge in [0.25, 0.3) is 5.91 Å².